The maximum Gasteiger partial charge on any atom is 0.325 e. The van der Waals surface area contributed by atoms with E-state index in [-0.39, 0.29) is 23.5 Å². The molecule has 2 aliphatic rings. The van der Waals surface area contributed by atoms with Gasteiger partial charge in [-0.15, -0.1) is 0 Å². The number of urea groups is 1. The Hall–Kier alpha value is -2.15. The van der Waals surface area contributed by atoms with E-state index in [2.05, 4.69) is 15.6 Å². The first kappa shape index (κ1) is 16.7. The molecule has 1 aliphatic heterocycles. The lowest BCUT2D eigenvalue weighted by atomic mass is 9.73. The molecule has 1 saturated heterocycles. The van der Waals surface area contributed by atoms with E-state index < -0.39 is 17.5 Å². The molecule has 3 rings (SSSR count). The molecule has 0 aromatic carbocycles. The van der Waals surface area contributed by atoms with E-state index in [1.165, 1.54) is 6.20 Å². The van der Waals surface area contributed by atoms with Gasteiger partial charge in [-0.3, -0.25) is 14.5 Å². The van der Waals surface area contributed by atoms with Gasteiger partial charge in [-0.1, -0.05) is 31.4 Å². The molecule has 0 bridgehead atoms. The Labute approximate surface area is 144 Å². The van der Waals surface area contributed by atoms with Crippen molar-refractivity contribution in [2.45, 2.75) is 38.1 Å². The van der Waals surface area contributed by atoms with Crippen molar-refractivity contribution in [2.75, 3.05) is 11.9 Å². The molecule has 1 aliphatic carbocycles. The van der Waals surface area contributed by atoms with Gasteiger partial charge in [-0.25, -0.2) is 9.78 Å². The number of hydrogen-bond donors (Lipinski definition) is 2. The summed E-state index contributed by atoms with van der Waals surface area (Å²) in [6, 6.07) is 2.72. The highest BCUT2D eigenvalue weighted by Crippen LogP contribution is 2.38. The standard InChI is InChI=1S/C16H19ClN4O3/c1-10-5-2-3-7-16(10)14(23)21(15(24)20-16)9-12(22)19-11-6-4-8-18-13(11)17/h4,6,8,10H,2-3,5,7,9H2,1H3,(H,19,22)(H,20,24)/t10-,16-/m0/s1. The fraction of sp³-hybridized carbons (Fsp3) is 0.500. The number of carbonyl (C=O) groups excluding carboxylic acids is 3. The smallest absolute Gasteiger partial charge is 0.323 e. The van der Waals surface area contributed by atoms with Crippen molar-refractivity contribution in [3.05, 3.63) is 23.5 Å². The average molecular weight is 351 g/mol. The zero-order valence-electron chi connectivity index (χ0n) is 13.3. The minimum absolute atomic E-state index is 0.0588. The lowest BCUT2D eigenvalue weighted by Crippen LogP contribution is -2.54. The second-order valence-electron chi connectivity index (χ2n) is 6.33. The number of aromatic nitrogens is 1. The molecule has 1 saturated carbocycles. The van der Waals surface area contributed by atoms with Crippen molar-refractivity contribution >= 4 is 35.1 Å². The number of nitrogens with zero attached hydrogens (tertiary/aromatic N) is 2. The normalized spacial score (nSPS) is 26.6. The van der Waals surface area contributed by atoms with Crippen LogP contribution in [0, 0.1) is 5.92 Å². The summed E-state index contributed by atoms with van der Waals surface area (Å²) in [6.45, 7) is 1.63. The fourth-order valence-electron chi connectivity index (χ4n) is 3.45. The number of imide groups is 1. The summed E-state index contributed by atoms with van der Waals surface area (Å²) in [6.07, 6.45) is 4.94. The molecule has 2 heterocycles. The van der Waals surface area contributed by atoms with Crippen molar-refractivity contribution in [2.24, 2.45) is 5.92 Å². The lowest BCUT2D eigenvalue weighted by molar-refractivity contribution is -0.136. The number of rotatable bonds is 3. The number of anilines is 1. The minimum atomic E-state index is -0.860. The molecular weight excluding hydrogens is 332 g/mol. The van der Waals surface area contributed by atoms with Crippen molar-refractivity contribution in [1.82, 2.24) is 15.2 Å². The first-order chi connectivity index (χ1) is 11.4. The van der Waals surface area contributed by atoms with Crippen LogP contribution in [-0.2, 0) is 9.59 Å². The molecule has 1 aromatic heterocycles. The highest BCUT2D eigenvalue weighted by atomic mass is 35.5. The molecule has 2 fully saturated rings. The van der Waals surface area contributed by atoms with E-state index in [9.17, 15) is 14.4 Å². The maximum atomic E-state index is 12.8. The third kappa shape index (κ3) is 2.84. The molecule has 1 spiro atoms. The molecule has 0 radical (unpaired) electrons. The van der Waals surface area contributed by atoms with E-state index in [0.717, 1.165) is 24.2 Å². The Balaban J connectivity index is 1.71. The van der Waals surface area contributed by atoms with Crippen molar-refractivity contribution < 1.29 is 14.4 Å². The summed E-state index contributed by atoms with van der Waals surface area (Å²) in [7, 11) is 0. The third-order valence-electron chi connectivity index (χ3n) is 4.84. The molecule has 0 unspecified atom stereocenters. The van der Waals surface area contributed by atoms with E-state index in [0.29, 0.717) is 12.1 Å². The quantitative estimate of drug-likeness (QED) is 0.645. The van der Waals surface area contributed by atoms with E-state index >= 15 is 0 Å². The topological polar surface area (TPSA) is 91.4 Å². The van der Waals surface area contributed by atoms with Gasteiger partial charge in [0.2, 0.25) is 5.91 Å². The SMILES string of the molecule is C[C@H]1CCCC[C@]12NC(=O)N(CC(=O)Nc1cccnc1Cl)C2=O. The Morgan fingerprint density at radius 3 is 3.00 bits per heavy atom. The predicted molar refractivity (Wildman–Crippen MR) is 88.5 cm³/mol. The van der Waals surface area contributed by atoms with Crippen LogP contribution in [0.2, 0.25) is 5.15 Å². The van der Waals surface area contributed by atoms with Gasteiger partial charge in [0, 0.05) is 6.20 Å². The zero-order valence-corrected chi connectivity index (χ0v) is 14.1. The first-order valence-corrected chi connectivity index (χ1v) is 8.36. The molecular formula is C16H19ClN4O3. The van der Waals surface area contributed by atoms with Gasteiger partial charge in [-0.05, 0) is 30.9 Å². The second-order valence-corrected chi connectivity index (χ2v) is 6.69. The summed E-state index contributed by atoms with van der Waals surface area (Å²) in [5.41, 5.74) is -0.515. The second kappa shape index (κ2) is 6.39. The van der Waals surface area contributed by atoms with Crippen LogP contribution in [0.1, 0.15) is 32.6 Å². The van der Waals surface area contributed by atoms with Gasteiger partial charge in [0.15, 0.2) is 5.15 Å². The highest BCUT2D eigenvalue weighted by Gasteiger charge is 2.55. The van der Waals surface area contributed by atoms with E-state index in [1.54, 1.807) is 12.1 Å². The van der Waals surface area contributed by atoms with Crippen molar-refractivity contribution in [3.63, 3.8) is 0 Å². The average Bonchev–Trinajstić information content (AvgIpc) is 2.78. The Morgan fingerprint density at radius 1 is 1.50 bits per heavy atom. The molecule has 24 heavy (non-hydrogen) atoms. The molecule has 4 amide bonds. The fourth-order valence-corrected chi connectivity index (χ4v) is 3.62. The molecule has 8 heteroatoms. The van der Waals surface area contributed by atoms with Crippen LogP contribution in [0.25, 0.3) is 0 Å². The van der Waals surface area contributed by atoms with E-state index in [1.807, 2.05) is 6.92 Å². The Morgan fingerprint density at radius 2 is 2.29 bits per heavy atom. The molecule has 2 atom stereocenters. The van der Waals surface area contributed by atoms with Gasteiger partial charge < -0.3 is 10.6 Å². The van der Waals surface area contributed by atoms with Crippen LogP contribution < -0.4 is 10.6 Å². The number of hydrogen-bond acceptors (Lipinski definition) is 4. The summed E-state index contributed by atoms with van der Waals surface area (Å²) >= 11 is 5.89. The predicted octanol–water partition coefficient (Wildman–Crippen LogP) is 2.17. The highest BCUT2D eigenvalue weighted by molar-refractivity contribution is 6.32. The number of halogens is 1. The first-order valence-electron chi connectivity index (χ1n) is 7.98. The number of carbonyl (C=O) groups is 3. The van der Waals surface area contributed by atoms with Crippen molar-refractivity contribution in [1.29, 1.82) is 0 Å². The summed E-state index contributed by atoms with van der Waals surface area (Å²) in [5.74, 6) is -0.746. The van der Waals surface area contributed by atoms with Gasteiger partial charge >= 0.3 is 6.03 Å². The largest absolute Gasteiger partial charge is 0.325 e. The minimum Gasteiger partial charge on any atom is -0.323 e. The van der Waals surface area contributed by atoms with Crippen LogP contribution in [-0.4, -0.2) is 39.8 Å². The van der Waals surface area contributed by atoms with Crippen LogP contribution in [0.15, 0.2) is 18.3 Å². The monoisotopic (exact) mass is 350 g/mol. The molecule has 128 valence electrons. The van der Waals surface area contributed by atoms with Gasteiger partial charge in [0.1, 0.15) is 12.1 Å². The molecule has 1 aromatic rings. The molecule has 7 nitrogen and oxygen atoms in total. The van der Waals surface area contributed by atoms with Crippen molar-refractivity contribution in [3.8, 4) is 0 Å². The van der Waals surface area contributed by atoms with Crippen LogP contribution >= 0.6 is 11.6 Å². The maximum absolute atomic E-state index is 12.8. The molecule has 2 N–H and O–H groups in total. The summed E-state index contributed by atoms with van der Waals surface area (Å²) < 4.78 is 0. The lowest BCUT2D eigenvalue weighted by Gasteiger charge is -2.36. The van der Waals surface area contributed by atoms with E-state index in [4.69, 9.17) is 11.6 Å². The Bertz CT molecular complexity index is 696. The van der Waals surface area contributed by atoms with Crippen LogP contribution in [0.3, 0.4) is 0 Å². The number of amides is 4. The van der Waals surface area contributed by atoms with Crippen LogP contribution in [0.4, 0.5) is 10.5 Å². The summed E-state index contributed by atoms with van der Waals surface area (Å²) in [5, 5.41) is 5.55. The zero-order chi connectivity index (χ0) is 17.3. The van der Waals surface area contributed by atoms with Gasteiger partial charge in [0.25, 0.3) is 5.91 Å². The Kier molecular flexibility index (Phi) is 4.45. The number of nitrogens with one attached hydrogen (secondary N) is 2. The number of pyridine rings is 1. The van der Waals surface area contributed by atoms with Crippen LogP contribution in [0.5, 0.6) is 0 Å². The summed E-state index contributed by atoms with van der Waals surface area (Å²) in [4.78, 5) is 42.1. The third-order valence-corrected chi connectivity index (χ3v) is 5.14. The van der Waals surface area contributed by atoms with Gasteiger partial charge in [-0.2, -0.15) is 0 Å². The van der Waals surface area contributed by atoms with Gasteiger partial charge in [0.05, 0.1) is 5.69 Å².